The van der Waals surface area contributed by atoms with Gasteiger partial charge in [-0.15, -0.1) is 0 Å². The zero-order valence-corrected chi connectivity index (χ0v) is 13.1. The number of ether oxygens (including phenoxy) is 1. The maximum Gasteiger partial charge on any atom is 0.421 e. The van der Waals surface area contributed by atoms with Gasteiger partial charge in [-0.3, -0.25) is 24.0 Å². The molecule has 1 aromatic heterocycles. The van der Waals surface area contributed by atoms with Crippen LogP contribution in [0, 0.1) is 0 Å². The van der Waals surface area contributed by atoms with E-state index in [0.29, 0.717) is 36.7 Å². The second-order valence-electron chi connectivity index (χ2n) is 5.94. The summed E-state index contributed by atoms with van der Waals surface area (Å²) in [5.41, 5.74) is 1.50. The van der Waals surface area contributed by atoms with Crippen LogP contribution in [0.1, 0.15) is 12.8 Å². The average molecular weight is 331 g/mol. The van der Waals surface area contributed by atoms with Crippen molar-refractivity contribution in [1.29, 1.82) is 0 Å². The number of carbonyl (C=O) groups excluding carboxylic acids is 2. The van der Waals surface area contributed by atoms with Crippen molar-refractivity contribution in [3.8, 4) is 0 Å². The van der Waals surface area contributed by atoms with Crippen LogP contribution in [0.25, 0.3) is 11.1 Å². The zero-order chi connectivity index (χ0) is 16.7. The number of imide groups is 1. The lowest BCUT2D eigenvalue weighted by atomic mass is 10.2. The Labute approximate surface area is 137 Å². The molecule has 1 aromatic carbocycles. The van der Waals surface area contributed by atoms with Crippen LogP contribution in [-0.4, -0.2) is 47.6 Å². The standard InChI is InChI=1S/C16H17N3O5/c20-14-3-4-15(21)19(14)11-1-2-13-12(9-11)18(16(22)24-13)10-17-5-7-23-8-6-17/h1-2,9H,3-8,10H2. The molecule has 8 nitrogen and oxygen atoms in total. The van der Waals surface area contributed by atoms with Gasteiger partial charge in [0.05, 0.1) is 31.1 Å². The molecular formula is C16H17N3O5. The van der Waals surface area contributed by atoms with Crippen molar-refractivity contribution in [3.05, 3.63) is 28.7 Å². The lowest BCUT2D eigenvalue weighted by Gasteiger charge is -2.26. The van der Waals surface area contributed by atoms with E-state index in [1.165, 1.54) is 9.47 Å². The Morgan fingerprint density at radius 1 is 1.00 bits per heavy atom. The van der Waals surface area contributed by atoms with Crippen molar-refractivity contribution in [3.63, 3.8) is 0 Å². The number of carbonyl (C=O) groups is 2. The first kappa shape index (κ1) is 15.1. The molecule has 2 aromatic rings. The minimum Gasteiger partial charge on any atom is -0.408 e. The second-order valence-corrected chi connectivity index (χ2v) is 5.94. The van der Waals surface area contributed by atoms with E-state index in [2.05, 4.69) is 4.90 Å². The van der Waals surface area contributed by atoms with Crippen molar-refractivity contribution in [2.24, 2.45) is 0 Å². The van der Waals surface area contributed by atoms with Crippen molar-refractivity contribution in [1.82, 2.24) is 9.47 Å². The molecule has 0 aliphatic carbocycles. The maximum absolute atomic E-state index is 12.2. The fourth-order valence-corrected chi connectivity index (χ4v) is 3.13. The Morgan fingerprint density at radius 3 is 2.42 bits per heavy atom. The zero-order valence-electron chi connectivity index (χ0n) is 13.1. The van der Waals surface area contributed by atoms with Crippen LogP contribution in [0.3, 0.4) is 0 Å². The first-order valence-electron chi connectivity index (χ1n) is 7.93. The van der Waals surface area contributed by atoms with Gasteiger partial charge in [-0.05, 0) is 18.2 Å². The predicted octanol–water partition coefficient (Wildman–Crippen LogP) is 0.538. The van der Waals surface area contributed by atoms with Gasteiger partial charge < -0.3 is 9.15 Å². The third-order valence-electron chi connectivity index (χ3n) is 4.41. The summed E-state index contributed by atoms with van der Waals surface area (Å²) in [5.74, 6) is -0.887. The number of benzene rings is 1. The van der Waals surface area contributed by atoms with Gasteiger partial charge in [0.1, 0.15) is 0 Å². The molecule has 2 fully saturated rings. The highest BCUT2D eigenvalue weighted by atomic mass is 16.5. The van der Waals surface area contributed by atoms with Crippen molar-refractivity contribution in [2.45, 2.75) is 19.5 Å². The van der Waals surface area contributed by atoms with Crippen LogP contribution in [0.4, 0.5) is 5.69 Å². The molecule has 0 bridgehead atoms. The first-order chi connectivity index (χ1) is 11.6. The predicted molar refractivity (Wildman–Crippen MR) is 84.6 cm³/mol. The largest absolute Gasteiger partial charge is 0.421 e. The molecule has 4 rings (SSSR count). The molecule has 2 aliphatic heterocycles. The molecule has 0 unspecified atom stereocenters. The number of nitrogens with zero attached hydrogens (tertiary/aromatic N) is 3. The molecule has 0 atom stereocenters. The summed E-state index contributed by atoms with van der Waals surface area (Å²) in [4.78, 5) is 39.3. The monoisotopic (exact) mass is 331 g/mol. The molecule has 0 spiro atoms. The first-order valence-corrected chi connectivity index (χ1v) is 7.93. The Bertz CT molecular complexity index is 846. The lowest BCUT2D eigenvalue weighted by Crippen LogP contribution is -2.39. The van der Waals surface area contributed by atoms with Gasteiger partial charge in [0.2, 0.25) is 11.8 Å². The molecule has 0 saturated carbocycles. The number of aromatic nitrogens is 1. The number of amides is 2. The molecule has 2 amide bonds. The minimum absolute atomic E-state index is 0.218. The van der Waals surface area contributed by atoms with Gasteiger partial charge in [0, 0.05) is 25.9 Å². The molecule has 24 heavy (non-hydrogen) atoms. The topological polar surface area (TPSA) is 85.0 Å². The van der Waals surface area contributed by atoms with Crippen LogP contribution in [-0.2, 0) is 21.0 Å². The normalized spacial score (nSPS) is 19.6. The van der Waals surface area contributed by atoms with Crippen LogP contribution in [0.5, 0.6) is 0 Å². The molecule has 126 valence electrons. The number of anilines is 1. The number of morpholine rings is 1. The van der Waals surface area contributed by atoms with Crippen molar-refractivity contribution >= 4 is 28.6 Å². The Morgan fingerprint density at radius 2 is 1.71 bits per heavy atom. The number of hydrogen-bond donors (Lipinski definition) is 0. The summed E-state index contributed by atoms with van der Waals surface area (Å²) in [5, 5.41) is 0. The molecule has 8 heteroatoms. The Balaban J connectivity index is 1.72. The highest BCUT2D eigenvalue weighted by molar-refractivity contribution is 6.20. The lowest BCUT2D eigenvalue weighted by molar-refractivity contribution is -0.121. The molecule has 2 saturated heterocycles. The van der Waals surface area contributed by atoms with E-state index in [1.807, 2.05) is 0 Å². The molecule has 0 radical (unpaired) electrons. The summed E-state index contributed by atoms with van der Waals surface area (Å²) in [6.07, 6.45) is 0.450. The van der Waals surface area contributed by atoms with Crippen LogP contribution >= 0.6 is 0 Å². The van der Waals surface area contributed by atoms with Crippen molar-refractivity contribution in [2.75, 3.05) is 31.2 Å². The van der Waals surface area contributed by atoms with Gasteiger partial charge in [-0.2, -0.15) is 0 Å². The van der Waals surface area contributed by atoms with Crippen LogP contribution in [0.2, 0.25) is 0 Å². The van der Waals surface area contributed by atoms with Gasteiger partial charge in [0.25, 0.3) is 0 Å². The minimum atomic E-state index is -0.451. The van der Waals surface area contributed by atoms with E-state index in [4.69, 9.17) is 9.15 Å². The van der Waals surface area contributed by atoms with Crippen LogP contribution in [0.15, 0.2) is 27.4 Å². The maximum atomic E-state index is 12.2. The number of hydrogen-bond acceptors (Lipinski definition) is 6. The van der Waals surface area contributed by atoms with Gasteiger partial charge in [-0.1, -0.05) is 0 Å². The number of fused-ring (bicyclic) bond motifs is 1. The third-order valence-corrected chi connectivity index (χ3v) is 4.41. The van der Waals surface area contributed by atoms with E-state index < -0.39 is 5.76 Å². The highest BCUT2D eigenvalue weighted by Gasteiger charge is 2.30. The van der Waals surface area contributed by atoms with Crippen LogP contribution < -0.4 is 10.7 Å². The van der Waals surface area contributed by atoms with Gasteiger partial charge in [0.15, 0.2) is 5.58 Å². The summed E-state index contributed by atoms with van der Waals surface area (Å²) >= 11 is 0. The van der Waals surface area contributed by atoms with Gasteiger partial charge in [-0.25, -0.2) is 4.79 Å². The second kappa shape index (κ2) is 5.88. The Hall–Kier alpha value is -2.45. The van der Waals surface area contributed by atoms with Crippen molar-refractivity contribution < 1.29 is 18.7 Å². The molecule has 0 N–H and O–H groups in total. The van der Waals surface area contributed by atoms with E-state index in [0.717, 1.165) is 13.1 Å². The van der Waals surface area contributed by atoms with Gasteiger partial charge >= 0.3 is 5.76 Å². The quantitative estimate of drug-likeness (QED) is 0.763. The Kier molecular flexibility index (Phi) is 3.70. The fraction of sp³-hybridized carbons (Fsp3) is 0.438. The summed E-state index contributed by atoms with van der Waals surface area (Å²) in [7, 11) is 0. The van der Waals surface area contributed by atoms with E-state index in [9.17, 15) is 14.4 Å². The fourth-order valence-electron chi connectivity index (χ4n) is 3.13. The number of oxazole rings is 1. The van der Waals surface area contributed by atoms with E-state index in [-0.39, 0.29) is 24.7 Å². The highest BCUT2D eigenvalue weighted by Crippen LogP contribution is 2.26. The average Bonchev–Trinajstić information content (AvgIpc) is 3.08. The molecule has 2 aliphatic rings. The summed E-state index contributed by atoms with van der Waals surface area (Å²) in [6, 6.07) is 4.92. The third kappa shape index (κ3) is 2.53. The molecule has 3 heterocycles. The summed E-state index contributed by atoms with van der Waals surface area (Å²) in [6.45, 7) is 3.13. The van der Waals surface area contributed by atoms with E-state index in [1.54, 1.807) is 18.2 Å². The van der Waals surface area contributed by atoms with E-state index >= 15 is 0 Å². The summed E-state index contributed by atoms with van der Waals surface area (Å²) < 4.78 is 12.1. The molecular weight excluding hydrogens is 314 g/mol. The SMILES string of the molecule is O=C1CCC(=O)N1c1ccc2oc(=O)n(CN3CCOCC3)c2c1. The number of rotatable bonds is 3. The smallest absolute Gasteiger partial charge is 0.408 e.